The highest BCUT2D eigenvalue weighted by molar-refractivity contribution is 7.99. The van der Waals surface area contributed by atoms with Crippen molar-refractivity contribution in [3.05, 3.63) is 72.7 Å². The fourth-order valence-corrected chi connectivity index (χ4v) is 5.04. The summed E-state index contributed by atoms with van der Waals surface area (Å²) in [6, 6.07) is 19.9. The number of para-hydroxylation sites is 1. The van der Waals surface area contributed by atoms with E-state index in [0.29, 0.717) is 29.8 Å². The highest BCUT2D eigenvalue weighted by Gasteiger charge is 2.24. The van der Waals surface area contributed by atoms with Crippen LogP contribution in [0, 0.1) is 6.92 Å². The summed E-state index contributed by atoms with van der Waals surface area (Å²) in [5, 5.41) is 9.53. The number of rotatable bonds is 7. The minimum absolute atomic E-state index is 0.105. The Kier molecular flexibility index (Phi) is 6.76. The van der Waals surface area contributed by atoms with Crippen LogP contribution in [0.15, 0.2) is 76.5 Å². The van der Waals surface area contributed by atoms with Crippen molar-refractivity contribution in [2.45, 2.75) is 12.1 Å². The van der Waals surface area contributed by atoms with Gasteiger partial charge in [0.15, 0.2) is 11.0 Å². The molecule has 8 nitrogen and oxygen atoms in total. The van der Waals surface area contributed by atoms with E-state index in [-0.39, 0.29) is 5.91 Å². The number of aryl methyl sites for hydroxylation is 1. The van der Waals surface area contributed by atoms with Gasteiger partial charge in [-0.05, 0) is 49.4 Å². The number of hydrogen-bond acceptors (Lipinski definition) is 7. The van der Waals surface area contributed by atoms with Gasteiger partial charge in [-0.2, -0.15) is 0 Å². The fraction of sp³-hybridized carbons (Fsp3) is 0.269. The Balaban J connectivity index is 1.25. The van der Waals surface area contributed by atoms with Crippen LogP contribution in [0.4, 0.5) is 5.69 Å². The van der Waals surface area contributed by atoms with E-state index in [9.17, 15) is 4.79 Å². The minimum atomic E-state index is 0.105. The molecule has 1 aliphatic rings. The quantitative estimate of drug-likeness (QED) is 0.359. The van der Waals surface area contributed by atoms with Gasteiger partial charge >= 0.3 is 0 Å². The molecular formula is C26H27N5O3S. The molecule has 1 aliphatic heterocycles. The monoisotopic (exact) mass is 489 g/mol. The van der Waals surface area contributed by atoms with Crippen LogP contribution in [0.5, 0.6) is 5.75 Å². The molecule has 0 spiro atoms. The molecule has 35 heavy (non-hydrogen) atoms. The van der Waals surface area contributed by atoms with E-state index < -0.39 is 0 Å². The number of carbonyl (C=O) groups is 1. The highest BCUT2D eigenvalue weighted by atomic mass is 32.2. The number of benzene rings is 2. The molecule has 0 unspecified atom stereocenters. The minimum Gasteiger partial charge on any atom is -0.497 e. The molecule has 0 atom stereocenters. The van der Waals surface area contributed by atoms with Gasteiger partial charge in [0.2, 0.25) is 5.91 Å². The topological polar surface area (TPSA) is 76.6 Å². The zero-order chi connectivity index (χ0) is 24.2. The summed E-state index contributed by atoms with van der Waals surface area (Å²) in [6.45, 7) is 4.88. The third kappa shape index (κ3) is 4.90. The average Bonchev–Trinajstić information content (AvgIpc) is 3.53. The molecule has 0 saturated carbocycles. The van der Waals surface area contributed by atoms with Gasteiger partial charge < -0.3 is 19.0 Å². The Labute approximate surface area is 208 Å². The van der Waals surface area contributed by atoms with E-state index in [1.165, 1.54) is 11.8 Å². The first-order chi connectivity index (χ1) is 17.1. The van der Waals surface area contributed by atoms with Crippen LogP contribution in [-0.2, 0) is 4.79 Å². The van der Waals surface area contributed by atoms with E-state index >= 15 is 0 Å². The number of furan rings is 1. The van der Waals surface area contributed by atoms with Crippen LogP contribution < -0.4 is 9.64 Å². The van der Waals surface area contributed by atoms with Gasteiger partial charge in [0, 0.05) is 37.6 Å². The number of anilines is 1. The van der Waals surface area contributed by atoms with Gasteiger partial charge in [-0.15, -0.1) is 10.2 Å². The number of piperazine rings is 1. The third-order valence-electron chi connectivity index (χ3n) is 6.14. The Morgan fingerprint density at radius 1 is 0.971 bits per heavy atom. The average molecular weight is 490 g/mol. The lowest BCUT2D eigenvalue weighted by Crippen LogP contribution is -2.49. The van der Waals surface area contributed by atoms with E-state index in [1.807, 2.05) is 64.9 Å². The first kappa shape index (κ1) is 23.0. The molecule has 1 fully saturated rings. The summed E-state index contributed by atoms with van der Waals surface area (Å²) in [5.41, 5.74) is 2.97. The first-order valence-corrected chi connectivity index (χ1v) is 12.5. The molecule has 0 aliphatic carbocycles. The summed E-state index contributed by atoms with van der Waals surface area (Å²) >= 11 is 1.41. The van der Waals surface area contributed by atoms with Gasteiger partial charge in [-0.25, -0.2) is 0 Å². The van der Waals surface area contributed by atoms with Crippen molar-refractivity contribution in [1.29, 1.82) is 0 Å². The SMILES string of the molecule is COc1ccc(N2CCN(C(=O)CSc3nnc(-c4ccoc4C)n3-c3ccccc3)CC2)cc1. The summed E-state index contributed by atoms with van der Waals surface area (Å²) in [4.78, 5) is 17.3. The van der Waals surface area contributed by atoms with Gasteiger partial charge in [0.05, 0.1) is 24.7 Å². The lowest BCUT2D eigenvalue weighted by molar-refractivity contribution is -0.128. The zero-order valence-corrected chi connectivity index (χ0v) is 20.6. The molecule has 180 valence electrons. The number of hydrogen-bond donors (Lipinski definition) is 0. The Bertz CT molecular complexity index is 1280. The molecule has 2 aromatic heterocycles. The zero-order valence-electron chi connectivity index (χ0n) is 19.8. The van der Waals surface area contributed by atoms with Gasteiger partial charge in [0.25, 0.3) is 0 Å². The smallest absolute Gasteiger partial charge is 0.233 e. The molecule has 1 saturated heterocycles. The van der Waals surface area contributed by atoms with Crippen LogP contribution in [0.3, 0.4) is 0 Å². The third-order valence-corrected chi connectivity index (χ3v) is 7.06. The van der Waals surface area contributed by atoms with Crippen molar-refractivity contribution in [1.82, 2.24) is 19.7 Å². The number of ether oxygens (including phenoxy) is 1. The second kappa shape index (κ2) is 10.3. The molecule has 0 radical (unpaired) electrons. The molecule has 1 amide bonds. The van der Waals surface area contributed by atoms with Crippen molar-refractivity contribution in [2.75, 3.05) is 43.9 Å². The van der Waals surface area contributed by atoms with Crippen molar-refractivity contribution >= 4 is 23.4 Å². The van der Waals surface area contributed by atoms with Crippen LogP contribution in [0.2, 0.25) is 0 Å². The van der Waals surface area contributed by atoms with Crippen LogP contribution in [-0.4, -0.2) is 64.6 Å². The van der Waals surface area contributed by atoms with Crippen LogP contribution in [0.25, 0.3) is 17.1 Å². The van der Waals surface area contributed by atoms with E-state index in [4.69, 9.17) is 9.15 Å². The van der Waals surface area contributed by atoms with Gasteiger partial charge in [0.1, 0.15) is 11.5 Å². The van der Waals surface area contributed by atoms with Crippen LogP contribution >= 0.6 is 11.8 Å². The molecule has 9 heteroatoms. The maximum absolute atomic E-state index is 13.0. The number of nitrogens with zero attached hydrogens (tertiary/aromatic N) is 5. The fourth-order valence-electron chi connectivity index (χ4n) is 4.19. The maximum Gasteiger partial charge on any atom is 0.233 e. The van der Waals surface area contributed by atoms with E-state index in [0.717, 1.165) is 41.5 Å². The molecule has 0 bridgehead atoms. The number of thioether (sulfide) groups is 1. The summed E-state index contributed by atoms with van der Waals surface area (Å²) in [6.07, 6.45) is 1.65. The second-order valence-corrected chi connectivity index (χ2v) is 9.16. The van der Waals surface area contributed by atoms with Gasteiger partial charge in [-0.1, -0.05) is 30.0 Å². The van der Waals surface area contributed by atoms with Crippen molar-refractivity contribution in [2.24, 2.45) is 0 Å². The van der Waals surface area contributed by atoms with Gasteiger partial charge in [-0.3, -0.25) is 9.36 Å². The number of carbonyl (C=O) groups excluding carboxylic acids is 1. The summed E-state index contributed by atoms with van der Waals surface area (Å²) < 4.78 is 12.7. The molecule has 5 rings (SSSR count). The predicted molar refractivity (Wildman–Crippen MR) is 136 cm³/mol. The Morgan fingerprint density at radius 3 is 2.37 bits per heavy atom. The molecule has 0 N–H and O–H groups in total. The normalized spacial score (nSPS) is 13.8. The molecule has 2 aromatic carbocycles. The number of amides is 1. The molecular weight excluding hydrogens is 462 g/mol. The Morgan fingerprint density at radius 2 is 1.71 bits per heavy atom. The number of methoxy groups -OCH3 is 1. The van der Waals surface area contributed by atoms with E-state index in [2.05, 4.69) is 27.2 Å². The highest BCUT2D eigenvalue weighted by Crippen LogP contribution is 2.30. The second-order valence-electron chi connectivity index (χ2n) is 8.22. The van der Waals surface area contributed by atoms with Crippen LogP contribution in [0.1, 0.15) is 5.76 Å². The maximum atomic E-state index is 13.0. The van der Waals surface area contributed by atoms with Crippen molar-refractivity contribution < 1.29 is 13.9 Å². The largest absolute Gasteiger partial charge is 0.497 e. The molecule has 4 aromatic rings. The van der Waals surface area contributed by atoms with Crippen molar-refractivity contribution in [3.8, 4) is 22.8 Å². The molecule has 3 heterocycles. The summed E-state index contributed by atoms with van der Waals surface area (Å²) in [5.74, 6) is 2.72. The van der Waals surface area contributed by atoms with E-state index in [1.54, 1.807) is 13.4 Å². The first-order valence-electron chi connectivity index (χ1n) is 11.5. The lowest BCUT2D eigenvalue weighted by atomic mass is 10.2. The number of aromatic nitrogens is 3. The standard InChI is InChI=1S/C26H27N5O3S/c1-19-23(12-17-34-19)25-27-28-26(31(25)21-6-4-3-5-7-21)35-18-24(32)30-15-13-29(14-16-30)20-8-10-22(33-2)11-9-20/h3-12,17H,13-16,18H2,1-2H3. The summed E-state index contributed by atoms with van der Waals surface area (Å²) in [7, 11) is 1.67. The lowest BCUT2D eigenvalue weighted by Gasteiger charge is -2.36. The Hall–Kier alpha value is -3.72. The van der Waals surface area contributed by atoms with Crippen molar-refractivity contribution in [3.63, 3.8) is 0 Å². The predicted octanol–water partition coefficient (Wildman–Crippen LogP) is 4.29.